The highest BCUT2D eigenvalue weighted by molar-refractivity contribution is 7.89. The van der Waals surface area contributed by atoms with Crippen molar-refractivity contribution in [3.05, 3.63) is 59.7 Å². The lowest BCUT2D eigenvalue weighted by Crippen LogP contribution is -2.40. The summed E-state index contributed by atoms with van der Waals surface area (Å²) in [4.78, 5) is 25.7. The van der Waals surface area contributed by atoms with E-state index in [2.05, 4.69) is 10.5 Å². The molecule has 1 saturated heterocycles. The molecular formula is C23H28N4O6S. The van der Waals surface area contributed by atoms with Gasteiger partial charge in [0.25, 0.3) is 11.8 Å². The van der Waals surface area contributed by atoms with Crippen molar-refractivity contribution in [1.29, 1.82) is 0 Å². The van der Waals surface area contributed by atoms with Gasteiger partial charge < -0.3 is 14.4 Å². The largest absolute Gasteiger partial charge is 0.484 e. The van der Waals surface area contributed by atoms with Gasteiger partial charge in [-0.15, -0.1) is 0 Å². The van der Waals surface area contributed by atoms with Crippen LogP contribution in [0.25, 0.3) is 0 Å². The van der Waals surface area contributed by atoms with E-state index in [4.69, 9.17) is 9.47 Å². The number of carbonyl (C=O) groups is 2. The van der Waals surface area contributed by atoms with Crippen LogP contribution in [0.2, 0.25) is 0 Å². The van der Waals surface area contributed by atoms with Crippen molar-refractivity contribution < 1.29 is 27.5 Å². The lowest BCUT2D eigenvalue weighted by atomic mass is 10.1. The highest BCUT2D eigenvalue weighted by atomic mass is 32.2. The molecule has 0 unspecified atom stereocenters. The number of hydrogen-bond donors (Lipinski definition) is 1. The van der Waals surface area contributed by atoms with Crippen LogP contribution in [-0.2, 0) is 19.6 Å². The van der Waals surface area contributed by atoms with E-state index in [1.54, 1.807) is 45.3 Å². The Morgan fingerprint density at radius 1 is 1.09 bits per heavy atom. The van der Waals surface area contributed by atoms with Gasteiger partial charge in [0.15, 0.2) is 6.61 Å². The zero-order valence-corrected chi connectivity index (χ0v) is 20.2. The molecule has 34 heavy (non-hydrogen) atoms. The number of hydrogen-bond acceptors (Lipinski definition) is 7. The zero-order chi connectivity index (χ0) is 24.7. The van der Waals surface area contributed by atoms with Crippen LogP contribution in [0.4, 0.5) is 0 Å². The monoisotopic (exact) mass is 488 g/mol. The second-order valence-electron chi connectivity index (χ2n) is 7.78. The molecule has 0 spiro atoms. The maximum atomic E-state index is 12.8. The number of hydrazone groups is 1. The van der Waals surface area contributed by atoms with E-state index in [1.165, 1.54) is 33.5 Å². The first-order valence-electron chi connectivity index (χ1n) is 10.6. The molecule has 1 aliphatic heterocycles. The Morgan fingerprint density at radius 2 is 1.76 bits per heavy atom. The van der Waals surface area contributed by atoms with Gasteiger partial charge in [-0.2, -0.15) is 9.41 Å². The molecule has 1 fully saturated rings. The van der Waals surface area contributed by atoms with Crippen LogP contribution in [0.15, 0.2) is 58.5 Å². The standard InChI is InChI=1S/C23H28N4O6S/c1-17(18-7-9-20(10-8-18)33-16-22(28)26(2)3)24-25-23(29)19-5-4-6-21(15-19)34(30,31)27-11-13-32-14-12-27/h4-10,15H,11-14,16H2,1-3H3,(H,25,29)/b24-17+. The van der Waals surface area contributed by atoms with E-state index in [1.807, 2.05) is 0 Å². The van der Waals surface area contributed by atoms with Crippen molar-refractivity contribution in [2.24, 2.45) is 5.10 Å². The van der Waals surface area contributed by atoms with Crippen LogP contribution in [0.3, 0.4) is 0 Å². The fourth-order valence-corrected chi connectivity index (χ4v) is 4.52. The van der Waals surface area contributed by atoms with Gasteiger partial charge in [0, 0.05) is 32.7 Å². The first kappa shape index (κ1) is 25.3. The molecule has 1 N–H and O–H groups in total. The summed E-state index contributed by atoms with van der Waals surface area (Å²) in [5.41, 5.74) is 3.93. The van der Waals surface area contributed by atoms with Crippen LogP contribution >= 0.6 is 0 Å². The van der Waals surface area contributed by atoms with Crippen LogP contribution < -0.4 is 10.2 Å². The maximum absolute atomic E-state index is 12.8. The summed E-state index contributed by atoms with van der Waals surface area (Å²) in [6.07, 6.45) is 0. The number of carbonyl (C=O) groups excluding carboxylic acids is 2. The summed E-state index contributed by atoms with van der Waals surface area (Å²) in [6.45, 7) is 2.90. The SMILES string of the molecule is C/C(=N\NC(=O)c1cccc(S(=O)(=O)N2CCOCC2)c1)c1ccc(OCC(=O)N(C)C)cc1. The molecule has 0 aliphatic carbocycles. The van der Waals surface area contributed by atoms with E-state index >= 15 is 0 Å². The van der Waals surface area contributed by atoms with Crippen molar-refractivity contribution in [3.63, 3.8) is 0 Å². The van der Waals surface area contributed by atoms with Gasteiger partial charge in [-0.3, -0.25) is 9.59 Å². The average Bonchev–Trinajstić information content (AvgIpc) is 2.86. The Bertz CT molecular complexity index is 1160. The number of nitrogens with zero attached hydrogens (tertiary/aromatic N) is 3. The van der Waals surface area contributed by atoms with Crippen molar-refractivity contribution in [2.45, 2.75) is 11.8 Å². The van der Waals surface area contributed by atoms with E-state index in [9.17, 15) is 18.0 Å². The van der Waals surface area contributed by atoms with Crippen molar-refractivity contribution >= 4 is 27.5 Å². The summed E-state index contributed by atoms with van der Waals surface area (Å²) in [5.74, 6) is -0.138. The second-order valence-corrected chi connectivity index (χ2v) is 9.72. The second kappa shape index (κ2) is 11.2. The van der Waals surface area contributed by atoms with Crippen molar-refractivity contribution in [1.82, 2.24) is 14.6 Å². The molecule has 2 aromatic rings. The molecule has 11 heteroatoms. The predicted molar refractivity (Wildman–Crippen MR) is 126 cm³/mol. The quantitative estimate of drug-likeness (QED) is 0.443. The van der Waals surface area contributed by atoms with Gasteiger partial charge in [-0.05, 0) is 55.0 Å². The summed E-state index contributed by atoms with van der Waals surface area (Å²) in [6, 6.07) is 12.8. The van der Waals surface area contributed by atoms with E-state index in [0.717, 1.165) is 5.56 Å². The van der Waals surface area contributed by atoms with Gasteiger partial charge in [-0.1, -0.05) is 6.07 Å². The minimum absolute atomic E-state index is 0.0473. The van der Waals surface area contributed by atoms with Gasteiger partial charge in [0.05, 0.1) is 23.8 Å². The average molecular weight is 489 g/mol. The highest BCUT2D eigenvalue weighted by Crippen LogP contribution is 2.18. The number of morpholine rings is 1. The van der Waals surface area contributed by atoms with Gasteiger partial charge in [0.1, 0.15) is 5.75 Å². The van der Waals surface area contributed by atoms with Gasteiger partial charge in [-0.25, -0.2) is 13.8 Å². The molecule has 10 nitrogen and oxygen atoms in total. The van der Waals surface area contributed by atoms with Gasteiger partial charge >= 0.3 is 0 Å². The molecule has 182 valence electrons. The number of ether oxygens (including phenoxy) is 2. The number of amides is 2. The van der Waals surface area contributed by atoms with Crippen LogP contribution in [0, 0.1) is 0 Å². The molecule has 0 aromatic heterocycles. The van der Waals surface area contributed by atoms with Gasteiger partial charge in [0.2, 0.25) is 10.0 Å². The summed E-state index contributed by atoms with van der Waals surface area (Å²) in [5, 5.41) is 4.12. The minimum atomic E-state index is -3.71. The number of likely N-dealkylation sites (N-methyl/N-ethyl adjacent to an activating group) is 1. The lowest BCUT2D eigenvalue weighted by Gasteiger charge is -2.26. The summed E-state index contributed by atoms with van der Waals surface area (Å²) in [7, 11) is -0.400. The molecule has 2 amide bonds. The first-order valence-corrected chi connectivity index (χ1v) is 12.1. The Labute approximate surface area is 199 Å². The fourth-order valence-electron chi connectivity index (χ4n) is 3.06. The maximum Gasteiger partial charge on any atom is 0.271 e. The highest BCUT2D eigenvalue weighted by Gasteiger charge is 2.26. The number of nitrogens with one attached hydrogen (secondary N) is 1. The van der Waals surface area contributed by atoms with Crippen LogP contribution in [0.1, 0.15) is 22.8 Å². The topological polar surface area (TPSA) is 118 Å². The van der Waals surface area contributed by atoms with Crippen LogP contribution in [-0.4, -0.2) is 82.2 Å². The van der Waals surface area contributed by atoms with Crippen LogP contribution in [0.5, 0.6) is 5.75 Å². The summed E-state index contributed by atoms with van der Waals surface area (Å²) >= 11 is 0. The zero-order valence-electron chi connectivity index (χ0n) is 19.4. The van der Waals surface area contributed by atoms with E-state index in [0.29, 0.717) is 24.7 Å². The molecule has 0 saturated carbocycles. The number of benzene rings is 2. The molecular weight excluding hydrogens is 460 g/mol. The smallest absolute Gasteiger partial charge is 0.271 e. The van der Waals surface area contributed by atoms with E-state index in [-0.39, 0.29) is 36.1 Å². The van der Waals surface area contributed by atoms with Crippen molar-refractivity contribution in [3.8, 4) is 5.75 Å². The summed E-state index contributed by atoms with van der Waals surface area (Å²) < 4.78 is 37.7. The molecule has 0 bridgehead atoms. The molecule has 0 radical (unpaired) electrons. The van der Waals surface area contributed by atoms with Crippen molar-refractivity contribution in [2.75, 3.05) is 47.0 Å². The Balaban J connectivity index is 1.64. The Kier molecular flexibility index (Phi) is 8.37. The minimum Gasteiger partial charge on any atom is -0.484 e. The Hall–Kier alpha value is -3.28. The third-order valence-electron chi connectivity index (χ3n) is 5.16. The predicted octanol–water partition coefficient (Wildman–Crippen LogP) is 1.33. The third kappa shape index (κ3) is 6.40. The lowest BCUT2D eigenvalue weighted by molar-refractivity contribution is -0.130. The molecule has 1 aliphatic rings. The third-order valence-corrected chi connectivity index (χ3v) is 7.06. The first-order chi connectivity index (χ1) is 16.2. The molecule has 1 heterocycles. The normalized spacial score (nSPS) is 15.0. The van der Waals surface area contributed by atoms with E-state index < -0.39 is 15.9 Å². The Morgan fingerprint density at radius 3 is 2.41 bits per heavy atom. The molecule has 3 rings (SSSR count). The molecule has 2 aromatic carbocycles. The number of sulfonamides is 1. The fraction of sp³-hybridized carbons (Fsp3) is 0.348. The number of rotatable bonds is 8. The molecule has 0 atom stereocenters.